The molecule has 0 aliphatic rings. The molecule has 27 heavy (non-hydrogen) atoms. The van der Waals surface area contributed by atoms with Gasteiger partial charge in [-0.25, -0.2) is 4.98 Å². The van der Waals surface area contributed by atoms with Gasteiger partial charge in [0.25, 0.3) is 11.6 Å². The lowest BCUT2D eigenvalue weighted by Crippen LogP contribution is -2.41. The van der Waals surface area contributed by atoms with Gasteiger partial charge in [-0.15, -0.1) is 11.3 Å². The first-order chi connectivity index (χ1) is 13.0. The molecule has 0 fully saturated rings. The third-order valence-corrected chi connectivity index (χ3v) is 5.35. The summed E-state index contributed by atoms with van der Waals surface area (Å²) < 4.78 is 5.31. The SMILES string of the molecule is CCN(CC)C(=O)CN(C)C(=O)c1cc(-c2cccs2)nc2onc(C)c12. The lowest BCUT2D eigenvalue weighted by molar-refractivity contribution is -0.131. The summed E-state index contributed by atoms with van der Waals surface area (Å²) in [5, 5.41) is 6.49. The normalized spacial score (nSPS) is 11.0. The van der Waals surface area contributed by atoms with Gasteiger partial charge in [0, 0.05) is 20.1 Å². The largest absolute Gasteiger partial charge is 0.342 e. The molecule has 2 amide bonds. The number of amides is 2. The van der Waals surface area contributed by atoms with Crippen molar-refractivity contribution in [1.82, 2.24) is 19.9 Å². The Balaban J connectivity index is 1.98. The number of aromatic nitrogens is 2. The Kier molecular flexibility index (Phi) is 5.55. The number of hydrogen-bond acceptors (Lipinski definition) is 6. The Labute approximate surface area is 161 Å². The van der Waals surface area contributed by atoms with E-state index in [0.717, 1.165) is 4.88 Å². The molecule has 7 nitrogen and oxygen atoms in total. The Morgan fingerprint density at radius 3 is 2.63 bits per heavy atom. The molecule has 0 radical (unpaired) electrons. The van der Waals surface area contributed by atoms with Crippen LogP contribution >= 0.6 is 11.3 Å². The second kappa shape index (κ2) is 7.87. The Morgan fingerprint density at radius 2 is 2.00 bits per heavy atom. The fourth-order valence-electron chi connectivity index (χ4n) is 2.97. The van der Waals surface area contributed by atoms with Crippen molar-refractivity contribution in [1.29, 1.82) is 0 Å². The minimum absolute atomic E-state index is 0.0169. The molecule has 0 saturated carbocycles. The molecule has 0 aromatic carbocycles. The van der Waals surface area contributed by atoms with Crippen molar-refractivity contribution in [3.8, 4) is 10.6 Å². The van der Waals surface area contributed by atoms with Gasteiger partial charge in [0.15, 0.2) is 0 Å². The van der Waals surface area contributed by atoms with Crippen molar-refractivity contribution < 1.29 is 14.1 Å². The molecule has 0 N–H and O–H groups in total. The topological polar surface area (TPSA) is 79.5 Å². The first kappa shape index (κ1) is 19.0. The van der Waals surface area contributed by atoms with Crippen LogP contribution in [-0.4, -0.2) is 58.4 Å². The van der Waals surface area contributed by atoms with Gasteiger partial charge in [0.05, 0.1) is 33.8 Å². The standard InChI is InChI=1S/C19H22N4O3S/c1-5-23(6-2)16(24)11-22(4)19(25)13-10-14(15-8-7-9-27-15)20-18-17(13)12(3)21-26-18/h7-10H,5-6,11H2,1-4H3. The zero-order chi connectivity index (χ0) is 19.6. The number of fused-ring (bicyclic) bond motifs is 1. The van der Waals surface area contributed by atoms with Crippen molar-refractivity contribution in [3.05, 3.63) is 34.8 Å². The van der Waals surface area contributed by atoms with Crippen LogP contribution in [0.3, 0.4) is 0 Å². The Bertz CT molecular complexity index is 961. The van der Waals surface area contributed by atoms with Crippen LogP contribution in [0.1, 0.15) is 29.9 Å². The molecule has 0 saturated heterocycles. The molecular weight excluding hydrogens is 364 g/mol. The molecule has 0 atom stereocenters. The van der Waals surface area contributed by atoms with Crippen LogP contribution in [0.15, 0.2) is 28.1 Å². The lowest BCUT2D eigenvalue weighted by Gasteiger charge is -2.23. The third kappa shape index (κ3) is 3.71. The number of carbonyl (C=O) groups excluding carboxylic acids is 2. The molecule has 142 valence electrons. The second-order valence-corrected chi connectivity index (χ2v) is 7.16. The first-order valence-corrected chi connectivity index (χ1v) is 9.68. The van der Waals surface area contributed by atoms with Gasteiger partial charge >= 0.3 is 0 Å². The molecule has 8 heteroatoms. The first-order valence-electron chi connectivity index (χ1n) is 8.80. The number of rotatable bonds is 6. The quantitative estimate of drug-likeness (QED) is 0.650. The van der Waals surface area contributed by atoms with Gasteiger partial charge in [-0.2, -0.15) is 0 Å². The molecule has 0 aliphatic carbocycles. The van der Waals surface area contributed by atoms with E-state index in [1.54, 1.807) is 24.9 Å². The minimum Gasteiger partial charge on any atom is -0.342 e. The summed E-state index contributed by atoms with van der Waals surface area (Å²) in [6.45, 7) is 6.86. The maximum atomic E-state index is 13.1. The molecule has 0 spiro atoms. The Morgan fingerprint density at radius 1 is 1.26 bits per heavy atom. The summed E-state index contributed by atoms with van der Waals surface area (Å²) in [4.78, 5) is 34.1. The summed E-state index contributed by atoms with van der Waals surface area (Å²) in [6.07, 6.45) is 0. The zero-order valence-electron chi connectivity index (χ0n) is 15.9. The average molecular weight is 386 g/mol. The maximum absolute atomic E-state index is 13.1. The van der Waals surface area contributed by atoms with E-state index in [4.69, 9.17) is 4.52 Å². The zero-order valence-corrected chi connectivity index (χ0v) is 16.7. The van der Waals surface area contributed by atoms with Crippen LogP contribution in [-0.2, 0) is 4.79 Å². The van der Waals surface area contributed by atoms with E-state index in [1.165, 1.54) is 16.2 Å². The van der Waals surface area contributed by atoms with Crippen LogP contribution < -0.4 is 0 Å². The van der Waals surface area contributed by atoms with Gasteiger partial charge in [-0.3, -0.25) is 9.59 Å². The Hall–Kier alpha value is -2.74. The highest BCUT2D eigenvalue weighted by Gasteiger charge is 2.24. The minimum atomic E-state index is -0.257. The van der Waals surface area contributed by atoms with Gasteiger partial charge in [0.1, 0.15) is 0 Å². The summed E-state index contributed by atoms with van der Waals surface area (Å²) >= 11 is 1.53. The highest BCUT2D eigenvalue weighted by Crippen LogP contribution is 2.29. The number of aryl methyl sites for hydroxylation is 1. The van der Waals surface area contributed by atoms with E-state index in [-0.39, 0.29) is 18.4 Å². The van der Waals surface area contributed by atoms with Crippen molar-refractivity contribution in [2.75, 3.05) is 26.7 Å². The molecule has 0 unspecified atom stereocenters. The summed E-state index contributed by atoms with van der Waals surface area (Å²) in [5.74, 6) is -0.339. The van der Waals surface area contributed by atoms with E-state index in [1.807, 2.05) is 31.4 Å². The van der Waals surface area contributed by atoms with Crippen LogP contribution in [0.5, 0.6) is 0 Å². The number of pyridine rings is 1. The molecule has 3 heterocycles. The van der Waals surface area contributed by atoms with Crippen LogP contribution in [0.4, 0.5) is 0 Å². The van der Waals surface area contributed by atoms with E-state index in [9.17, 15) is 9.59 Å². The number of nitrogens with zero attached hydrogens (tertiary/aromatic N) is 4. The predicted molar refractivity (Wildman–Crippen MR) is 105 cm³/mol. The highest BCUT2D eigenvalue weighted by atomic mass is 32.1. The van der Waals surface area contributed by atoms with Crippen molar-refractivity contribution in [2.45, 2.75) is 20.8 Å². The molecular formula is C19H22N4O3S. The number of likely N-dealkylation sites (N-methyl/N-ethyl adjacent to an activating group) is 2. The van der Waals surface area contributed by atoms with Crippen molar-refractivity contribution >= 4 is 34.3 Å². The van der Waals surface area contributed by atoms with Crippen LogP contribution in [0.2, 0.25) is 0 Å². The third-order valence-electron chi connectivity index (χ3n) is 4.46. The summed E-state index contributed by atoms with van der Waals surface area (Å²) in [5.41, 5.74) is 2.02. The molecule has 3 aromatic rings. The van der Waals surface area contributed by atoms with Crippen molar-refractivity contribution in [2.24, 2.45) is 0 Å². The van der Waals surface area contributed by atoms with E-state index < -0.39 is 0 Å². The number of carbonyl (C=O) groups is 2. The fourth-order valence-corrected chi connectivity index (χ4v) is 3.66. The van der Waals surface area contributed by atoms with Gasteiger partial charge in [0.2, 0.25) is 5.91 Å². The number of hydrogen-bond donors (Lipinski definition) is 0. The van der Waals surface area contributed by atoms with E-state index in [0.29, 0.717) is 41.1 Å². The van der Waals surface area contributed by atoms with Crippen LogP contribution in [0, 0.1) is 6.92 Å². The molecule has 0 bridgehead atoms. The van der Waals surface area contributed by atoms with Crippen LogP contribution in [0.25, 0.3) is 21.7 Å². The van der Waals surface area contributed by atoms with Gasteiger partial charge in [-0.05, 0) is 38.3 Å². The summed E-state index contributed by atoms with van der Waals surface area (Å²) in [7, 11) is 1.63. The van der Waals surface area contributed by atoms with Crippen molar-refractivity contribution in [3.63, 3.8) is 0 Å². The van der Waals surface area contributed by atoms with E-state index >= 15 is 0 Å². The lowest BCUT2D eigenvalue weighted by atomic mass is 10.1. The van der Waals surface area contributed by atoms with Gasteiger partial charge < -0.3 is 14.3 Å². The molecule has 3 rings (SSSR count). The maximum Gasteiger partial charge on any atom is 0.259 e. The fraction of sp³-hybridized carbons (Fsp3) is 0.368. The second-order valence-electron chi connectivity index (χ2n) is 6.21. The predicted octanol–water partition coefficient (Wildman–Crippen LogP) is 3.20. The van der Waals surface area contributed by atoms with E-state index in [2.05, 4.69) is 10.1 Å². The molecule has 0 aliphatic heterocycles. The number of thiophene rings is 1. The monoisotopic (exact) mass is 386 g/mol. The smallest absolute Gasteiger partial charge is 0.259 e. The average Bonchev–Trinajstić information content (AvgIpc) is 3.31. The molecule has 3 aromatic heterocycles. The highest BCUT2D eigenvalue weighted by molar-refractivity contribution is 7.13. The summed E-state index contributed by atoms with van der Waals surface area (Å²) in [6, 6.07) is 5.61. The van der Waals surface area contributed by atoms with Gasteiger partial charge in [-0.1, -0.05) is 11.2 Å².